The number of fused-ring (bicyclic) bond motifs is 1. The highest BCUT2D eigenvalue weighted by atomic mass is 16.5. The largest absolute Gasteiger partial charge is 0.426 e. The number of allylic oxidation sites excluding steroid dienone is 1. The first-order valence-electron chi connectivity index (χ1n) is 5.60. The Hall–Kier alpha value is -1.13. The lowest BCUT2D eigenvalue weighted by atomic mass is 10.1. The summed E-state index contributed by atoms with van der Waals surface area (Å²) in [6.07, 6.45) is 3.95. The summed E-state index contributed by atoms with van der Waals surface area (Å²) in [4.78, 5) is 13.7. The first-order chi connectivity index (χ1) is 7.63. The van der Waals surface area contributed by atoms with Crippen molar-refractivity contribution in [3.63, 3.8) is 0 Å². The predicted octanol–water partition coefficient (Wildman–Crippen LogP) is 0.829. The Morgan fingerprint density at radius 3 is 3.12 bits per heavy atom. The highest BCUT2D eigenvalue weighted by Gasteiger charge is 2.40. The Balaban J connectivity index is 2.04. The minimum atomic E-state index is -0.410. The van der Waals surface area contributed by atoms with Crippen molar-refractivity contribution in [2.45, 2.75) is 32.4 Å². The molecule has 0 bridgehead atoms. The minimum absolute atomic E-state index is 0.117. The van der Waals surface area contributed by atoms with Crippen molar-refractivity contribution in [3.05, 3.63) is 23.5 Å². The molecule has 4 nitrogen and oxygen atoms in total. The summed E-state index contributed by atoms with van der Waals surface area (Å²) in [7, 11) is 0. The molecule has 1 N–H and O–H groups in total. The number of aliphatic hydroxyl groups excluding tert-OH is 1. The van der Waals surface area contributed by atoms with Crippen molar-refractivity contribution in [1.82, 2.24) is 4.90 Å². The number of esters is 1. The second-order valence-corrected chi connectivity index (χ2v) is 4.26. The van der Waals surface area contributed by atoms with Crippen molar-refractivity contribution >= 4 is 5.97 Å². The Morgan fingerprint density at radius 2 is 2.44 bits per heavy atom. The topological polar surface area (TPSA) is 49.8 Å². The Kier molecular flexibility index (Phi) is 3.12. The molecule has 2 aliphatic rings. The maximum atomic E-state index is 11.6. The van der Waals surface area contributed by atoms with Crippen LogP contribution in [0.15, 0.2) is 23.5 Å². The Bertz CT molecular complexity index is 359. The number of ether oxygens (including phenoxy) is 1. The van der Waals surface area contributed by atoms with E-state index in [-0.39, 0.29) is 12.0 Å². The van der Waals surface area contributed by atoms with Gasteiger partial charge in [-0.2, -0.15) is 0 Å². The van der Waals surface area contributed by atoms with Crippen LogP contribution in [0.2, 0.25) is 0 Å². The lowest BCUT2D eigenvalue weighted by Crippen LogP contribution is -2.33. The molecular weight excluding hydrogens is 206 g/mol. The van der Waals surface area contributed by atoms with E-state index in [1.807, 2.05) is 6.08 Å². The van der Waals surface area contributed by atoms with E-state index in [0.29, 0.717) is 11.3 Å². The molecule has 1 fully saturated rings. The average Bonchev–Trinajstić information content (AvgIpc) is 2.82. The summed E-state index contributed by atoms with van der Waals surface area (Å²) in [6.45, 7) is 5.16. The van der Waals surface area contributed by atoms with Crippen molar-refractivity contribution in [1.29, 1.82) is 0 Å². The van der Waals surface area contributed by atoms with Crippen LogP contribution in [0.1, 0.15) is 20.3 Å². The van der Waals surface area contributed by atoms with Crippen LogP contribution in [0.25, 0.3) is 0 Å². The Morgan fingerprint density at radius 1 is 1.69 bits per heavy atom. The van der Waals surface area contributed by atoms with Crippen LogP contribution in [0, 0.1) is 0 Å². The van der Waals surface area contributed by atoms with Gasteiger partial charge in [0.15, 0.2) is 0 Å². The van der Waals surface area contributed by atoms with Crippen LogP contribution in [0.3, 0.4) is 0 Å². The third kappa shape index (κ3) is 1.90. The first kappa shape index (κ1) is 11.4. The lowest BCUT2D eigenvalue weighted by Gasteiger charge is -2.20. The quantitative estimate of drug-likeness (QED) is 0.556. The van der Waals surface area contributed by atoms with Gasteiger partial charge in [0, 0.05) is 18.7 Å². The number of carbonyl (C=O) groups is 1. The molecule has 0 amide bonds. The maximum absolute atomic E-state index is 11.6. The number of hydrogen-bond donors (Lipinski definition) is 1. The summed E-state index contributed by atoms with van der Waals surface area (Å²) in [5.74, 6) is 0.283. The molecule has 0 unspecified atom stereocenters. The van der Waals surface area contributed by atoms with Gasteiger partial charge in [-0.3, -0.25) is 4.90 Å². The number of hydrogen-bond acceptors (Lipinski definition) is 4. The van der Waals surface area contributed by atoms with Gasteiger partial charge in [0.1, 0.15) is 5.76 Å². The molecule has 88 valence electrons. The second kappa shape index (κ2) is 4.39. The Labute approximate surface area is 95.2 Å². The number of aliphatic hydroxyl groups is 1. The molecule has 0 spiro atoms. The molecule has 0 aromatic heterocycles. The third-order valence-corrected chi connectivity index (χ3v) is 3.25. The van der Waals surface area contributed by atoms with Crippen LogP contribution in [0.5, 0.6) is 0 Å². The normalized spacial score (nSPS) is 30.2. The molecule has 0 aliphatic carbocycles. The zero-order valence-electron chi connectivity index (χ0n) is 9.64. The zero-order chi connectivity index (χ0) is 11.7. The maximum Gasteiger partial charge on any atom is 0.338 e. The van der Waals surface area contributed by atoms with E-state index >= 15 is 0 Å². The highest BCUT2D eigenvalue weighted by Crippen LogP contribution is 2.29. The summed E-state index contributed by atoms with van der Waals surface area (Å²) >= 11 is 0. The zero-order valence-corrected chi connectivity index (χ0v) is 9.64. The van der Waals surface area contributed by atoms with Crippen LogP contribution in [0.4, 0.5) is 0 Å². The number of carbonyl (C=O) groups excluding carboxylic acids is 1. The van der Waals surface area contributed by atoms with Gasteiger partial charge >= 0.3 is 5.97 Å². The summed E-state index contributed by atoms with van der Waals surface area (Å²) in [5, 5.41) is 9.79. The van der Waals surface area contributed by atoms with Crippen molar-refractivity contribution in [2.75, 3.05) is 13.1 Å². The number of rotatable bonds is 2. The molecule has 2 heterocycles. The fraction of sp³-hybridized carbons (Fsp3) is 0.583. The van der Waals surface area contributed by atoms with Gasteiger partial charge in [0.25, 0.3) is 0 Å². The molecular formula is C12H17NO3. The minimum Gasteiger partial charge on any atom is -0.426 e. The lowest BCUT2D eigenvalue weighted by molar-refractivity contribution is -0.135. The van der Waals surface area contributed by atoms with Gasteiger partial charge in [0.2, 0.25) is 0 Å². The summed E-state index contributed by atoms with van der Waals surface area (Å²) in [6, 6.07) is -0.117. The van der Waals surface area contributed by atoms with Crippen molar-refractivity contribution in [3.8, 4) is 0 Å². The fourth-order valence-corrected chi connectivity index (χ4v) is 2.15. The molecule has 2 atom stereocenters. The van der Waals surface area contributed by atoms with Crippen LogP contribution in [-0.2, 0) is 9.53 Å². The predicted molar refractivity (Wildman–Crippen MR) is 59.6 cm³/mol. The van der Waals surface area contributed by atoms with Gasteiger partial charge in [-0.05, 0) is 26.3 Å². The number of nitrogens with zero attached hydrogens (tertiary/aromatic N) is 1. The van der Waals surface area contributed by atoms with E-state index in [9.17, 15) is 9.90 Å². The monoisotopic (exact) mass is 223 g/mol. The van der Waals surface area contributed by atoms with Gasteiger partial charge in [-0.1, -0.05) is 6.08 Å². The van der Waals surface area contributed by atoms with E-state index in [1.54, 1.807) is 19.9 Å². The highest BCUT2D eigenvalue weighted by molar-refractivity contribution is 5.88. The summed E-state index contributed by atoms with van der Waals surface area (Å²) < 4.78 is 5.30. The standard InChI is InChI=1S/C12H17NO3/c1-3-8(2)12(15)16-10-5-7-13-6-4-9(14)11(10)13/h3,5,9,11,14H,4,6-7H2,1-2H3/b8-3-/t9-,11+/m1/s1. The third-order valence-electron chi connectivity index (χ3n) is 3.25. The summed E-state index contributed by atoms with van der Waals surface area (Å²) in [5.41, 5.74) is 0.590. The molecule has 0 radical (unpaired) electrons. The molecule has 2 rings (SSSR count). The second-order valence-electron chi connectivity index (χ2n) is 4.26. The SMILES string of the molecule is C/C=C(/C)C(=O)OC1=CCN2CC[C@@H](O)[C@@H]12. The molecule has 0 aromatic rings. The molecule has 0 saturated carbocycles. The van der Waals surface area contributed by atoms with E-state index in [0.717, 1.165) is 19.5 Å². The van der Waals surface area contributed by atoms with Gasteiger partial charge < -0.3 is 9.84 Å². The van der Waals surface area contributed by atoms with Gasteiger partial charge in [-0.15, -0.1) is 0 Å². The van der Waals surface area contributed by atoms with E-state index in [1.165, 1.54) is 0 Å². The van der Waals surface area contributed by atoms with E-state index in [4.69, 9.17) is 4.74 Å². The van der Waals surface area contributed by atoms with Crippen LogP contribution in [-0.4, -0.2) is 41.2 Å². The fourth-order valence-electron chi connectivity index (χ4n) is 2.15. The first-order valence-corrected chi connectivity index (χ1v) is 5.60. The molecule has 16 heavy (non-hydrogen) atoms. The average molecular weight is 223 g/mol. The smallest absolute Gasteiger partial charge is 0.338 e. The van der Waals surface area contributed by atoms with E-state index in [2.05, 4.69) is 4.90 Å². The van der Waals surface area contributed by atoms with Crippen molar-refractivity contribution in [2.24, 2.45) is 0 Å². The van der Waals surface area contributed by atoms with Gasteiger partial charge in [0.05, 0.1) is 12.1 Å². The van der Waals surface area contributed by atoms with Gasteiger partial charge in [-0.25, -0.2) is 4.79 Å². The molecule has 1 saturated heterocycles. The van der Waals surface area contributed by atoms with E-state index < -0.39 is 6.10 Å². The van der Waals surface area contributed by atoms with Crippen LogP contribution < -0.4 is 0 Å². The van der Waals surface area contributed by atoms with Crippen molar-refractivity contribution < 1.29 is 14.6 Å². The van der Waals surface area contributed by atoms with Crippen LogP contribution >= 0.6 is 0 Å². The molecule has 4 heteroatoms. The molecule has 0 aromatic carbocycles. The molecule has 2 aliphatic heterocycles.